The first-order valence-corrected chi connectivity index (χ1v) is 7.19. The van der Waals surface area contributed by atoms with Crippen LogP contribution in [0.2, 0.25) is 0 Å². The van der Waals surface area contributed by atoms with Crippen LogP contribution in [0.15, 0.2) is 47.1 Å². The Bertz CT molecular complexity index is 771. The lowest BCUT2D eigenvalue weighted by atomic mass is 9.79. The van der Waals surface area contributed by atoms with Gasteiger partial charge in [-0.1, -0.05) is 32.9 Å². The molecule has 0 saturated carbocycles. The number of allylic oxidation sites excluding steroid dienone is 3. The second kappa shape index (κ2) is 6.06. The summed E-state index contributed by atoms with van der Waals surface area (Å²) in [6.45, 7) is 5.81. The van der Waals surface area contributed by atoms with E-state index in [1.165, 1.54) is 0 Å². The van der Waals surface area contributed by atoms with Gasteiger partial charge in [0, 0.05) is 5.41 Å². The Morgan fingerprint density at radius 2 is 1.83 bits per heavy atom. The van der Waals surface area contributed by atoms with Crippen LogP contribution in [-0.4, -0.2) is 7.11 Å². The van der Waals surface area contributed by atoms with Crippen LogP contribution in [-0.2, 0) is 4.74 Å². The SMILES string of the molecule is COc1cccc([C@@H]2C(C#N)=C(N)OC(C(C)(C)C)=C2C#N)c1. The Labute approximate surface area is 136 Å². The molecule has 0 fully saturated rings. The highest BCUT2D eigenvalue weighted by atomic mass is 16.5. The van der Waals surface area contributed by atoms with Crippen LogP contribution in [0.5, 0.6) is 5.75 Å². The largest absolute Gasteiger partial charge is 0.497 e. The predicted molar refractivity (Wildman–Crippen MR) is 85.7 cm³/mol. The van der Waals surface area contributed by atoms with E-state index in [0.29, 0.717) is 17.1 Å². The smallest absolute Gasteiger partial charge is 0.205 e. The number of hydrogen-bond acceptors (Lipinski definition) is 5. The molecular weight excluding hydrogens is 290 g/mol. The molecule has 0 unspecified atom stereocenters. The molecule has 0 amide bonds. The number of ether oxygens (including phenoxy) is 2. The number of benzene rings is 1. The number of nitrogens with two attached hydrogens (primary N) is 1. The summed E-state index contributed by atoms with van der Waals surface area (Å²) in [7, 11) is 1.57. The number of nitriles is 2. The Morgan fingerprint density at radius 3 is 2.35 bits per heavy atom. The van der Waals surface area contributed by atoms with Gasteiger partial charge < -0.3 is 15.2 Å². The van der Waals surface area contributed by atoms with Gasteiger partial charge in [-0.3, -0.25) is 0 Å². The molecule has 1 atom stereocenters. The van der Waals surface area contributed by atoms with E-state index in [1.54, 1.807) is 13.2 Å². The summed E-state index contributed by atoms with van der Waals surface area (Å²) in [6.07, 6.45) is 0. The lowest BCUT2D eigenvalue weighted by Crippen LogP contribution is -2.26. The molecule has 0 radical (unpaired) electrons. The minimum absolute atomic E-state index is 0.0456. The van der Waals surface area contributed by atoms with Crippen LogP contribution in [0.3, 0.4) is 0 Å². The first-order valence-electron chi connectivity index (χ1n) is 7.19. The van der Waals surface area contributed by atoms with Crippen LogP contribution in [0.1, 0.15) is 32.3 Å². The molecule has 1 aromatic rings. The lowest BCUT2D eigenvalue weighted by molar-refractivity contribution is 0.199. The van der Waals surface area contributed by atoms with Crippen molar-refractivity contribution in [1.29, 1.82) is 10.5 Å². The average molecular weight is 309 g/mol. The zero-order valence-electron chi connectivity index (χ0n) is 13.7. The van der Waals surface area contributed by atoms with E-state index >= 15 is 0 Å². The van der Waals surface area contributed by atoms with Crippen molar-refractivity contribution in [2.75, 3.05) is 7.11 Å². The summed E-state index contributed by atoms with van der Waals surface area (Å²) in [5.41, 5.74) is 6.95. The molecule has 2 rings (SSSR count). The minimum Gasteiger partial charge on any atom is -0.497 e. The fraction of sp³-hybridized carbons (Fsp3) is 0.333. The second-order valence-electron chi connectivity index (χ2n) is 6.31. The number of rotatable bonds is 2. The highest BCUT2D eigenvalue weighted by Gasteiger charge is 2.37. The third kappa shape index (κ3) is 3.00. The molecule has 5 nitrogen and oxygen atoms in total. The topological polar surface area (TPSA) is 92.1 Å². The van der Waals surface area contributed by atoms with E-state index in [9.17, 15) is 10.5 Å². The van der Waals surface area contributed by atoms with Gasteiger partial charge >= 0.3 is 0 Å². The molecule has 0 bridgehead atoms. The van der Waals surface area contributed by atoms with Crippen molar-refractivity contribution in [1.82, 2.24) is 0 Å². The molecule has 0 spiro atoms. The quantitative estimate of drug-likeness (QED) is 0.904. The van der Waals surface area contributed by atoms with Gasteiger partial charge in [0.05, 0.1) is 24.7 Å². The summed E-state index contributed by atoms with van der Waals surface area (Å²) >= 11 is 0. The van der Waals surface area contributed by atoms with Crippen molar-refractivity contribution in [3.63, 3.8) is 0 Å². The van der Waals surface area contributed by atoms with Gasteiger partial charge in [0.1, 0.15) is 23.2 Å². The van der Waals surface area contributed by atoms with E-state index in [0.717, 1.165) is 5.56 Å². The van der Waals surface area contributed by atoms with Gasteiger partial charge in [-0.2, -0.15) is 10.5 Å². The molecule has 118 valence electrons. The molecule has 2 N–H and O–H groups in total. The third-order valence-electron chi connectivity index (χ3n) is 3.65. The van der Waals surface area contributed by atoms with E-state index < -0.39 is 11.3 Å². The molecular formula is C18H19N3O2. The second-order valence-corrected chi connectivity index (χ2v) is 6.31. The zero-order chi connectivity index (χ0) is 17.2. The number of nitrogens with zero attached hydrogens (tertiary/aromatic N) is 2. The van der Waals surface area contributed by atoms with Crippen molar-refractivity contribution >= 4 is 0 Å². The Kier molecular flexibility index (Phi) is 4.33. The molecule has 1 aliphatic heterocycles. The monoisotopic (exact) mass is 309 g/mol. The standard InChI is InChI=1S/C18H19N3O2/c1-18(2,3)16-13(9-19)15(14(10-20)17(21)23-16)11-6-5-7-12(8-11)22-4/h5-8,15H,21H2,1-4H3/t15-/m0/s1. The van der Waals surface area contributed by atoms with Gasteiger partial charge in [0.15, 0.2) is 0 Å². The first-order chi connectivity index (χ1) is 10.8. The minimum atomic E-state index is -0.553. The summed E-state index contributed by atoms with van der Waals surface area (Å²) < 4.78 is 10.9. The molecule has 23 heavy (non-hydrogen) atoms. The van der Waals surface area contributed by atoms with Gasteiger partial charge in [0.2, 0.25) is 5.88 Å². The summed E-state index contributed by atoms with van der Waals surface area (Å²) in [5, 5.41) is 19.2. The molecule has 5 heteroatoms. The van der Waals surface area contributed by atoms with Gasteiger partial charge in [-0.05, 0) is 17.7 Å². The lowest BCUT2D eigenvalue weighted by Gasteiger charge is -2.32. The fourth-order valence-electron chi connectivity index (χ4n) is 2.58. The molecule has 0 aliphatic carbocycles. The van der Waals surface area contributed by atoms with Crippen molar-refractivity contribution < 1.29 is 9.47 Å². The van der Waals surface area contributed by atoms with E-state index in [2.05, 4.69) is 12.1 Å². The van der Waals surface area contributed by atoms with Gasteiger partial charge in [-0.25, -0.2) is 0 Å². The van der Waals surface area contributed by atoms with Gasteiger partial charge in [0.25, 0.3) is 0 Å². The maximum Gasteiger partial charge on any atom is 0.205 e. The zero-order valence-corrected chi connectivity index (χ0v) is 13.7. The summed E-state index contributed by atoms with van der Waals surface area (Å²) in [5.74, 6) is 0.635. The normalized spacial score (nSPS) is 18.1. The maximum atomic E-state index is 9.69. The Hall–Kier alpha value is -2.92. The van der Waals surface area contributed by atoms with Crippen molar-refractivity contribution in [3.05, 3.63) is 52.6 Å². The van der Waals surface area contributed by atoms with Crippen LogP contribution in [0.4, 0.5) is 0 Å². The van der Waals surface area contributed by atoms with E-state index in [4.69, 9.17) is 15.2 Å². The number of hydrogen-bond donors (Lipinski definition) is 1. The fourth-order valence-corrected chi connectivity index (χ4v) is 2.58. The van der Waals surface area contributed by atoms with Crippen LogP contribution in [0.25, 0.3) is 0 Å². The summed E-state index contributed by atoms with van der Waals surface area (Å²) in [4.78, 5) is 0. The predicted octanol–water partition coefficient (Wildman–Crippen LogP) is 3.33. The molecule has 0 aromatic heterocycles. The summed E-state index contributed by atoms with van der Waals surface area (Å²) in [6, 6.07) is 11.6. The highest BCUT2D eigenvalue weighted by molar-refractivity contribution is 5.54. The molecule has 1 aliphatic rings. The van der Waals surface area contributed by atoms with E-state index in [-0.39, 0.29) is 11.5 Å². The van der Waals surface area contributed by atoms with Crippen molar-refractivity contribution in [2.45, 2.75) is 26.7 Å². The van der Waals surface area contributed by atoms with E-state index in [1.807, 2.05) is 39.0 Å². The number of methoxy groups -OCH3 is 1. The van der Waals surface area contributed by atoms with Crippen molar-refractivity contribution in [2.24, 2.45) is 11.1 Å². The van der Waals surface area contributed by atoms with Gasteiger partial charge in [-0.15, -0.1) is 0 Å². The maximum absolute atomic E-state index is 9.69. The Morgan fingerprint density at radius 1 is 1.17 bits per heavy atom. The third-order valence-corrected chi connectivity index (χ3v) is 3.65. The molecule has 1 heterocycles. The van der Waals surface area contributed by atoms with Crippen LogP contribution >= 0.6 is 0 Å². The molecule has 1 aromatic carbocycles. The highest BCUT2D eigenvalue weighted by Crippen LogP contribution is 2.44. The first kappa shape index (κ1) is 16.5. The Balaban J connectivity index is 2.72. The molecule has 0 saturated heterocycles. The van der Waals surface area contributed by atoms with Crippen molar-refractivity contribution in [3.8, 4) is 17.9 Å². The van der Waals surface area contributed by atoms with Crippen LogP contribution in [0, 0.1) is 28.1 Å². The average Bonchev–Trinajstić information content (AvgIpc) is 2.52. The van der Waals surface area contributed by atoms with Crippen LogP contribution < -0.4 is 10.5 Å².